The van der Waals surface area contributed by atoms with E-state index in [-0.39, 0.29) is 5.78 Å². The van der Waals surface area contributed by atoms with Crippen molar-refractivity contribution in [3.63, 3.8) is 0 Å². The molecule has 0 aliphatic heterocycles. The van der Waals surface area contributed by atoms with Gasteiger partial charge in [-0.2, -0.15) is 5.10 Å². The first-order valence-electron chi connectivity index (χ1n) is 5.27. The number of hydrogen-bond donors (Lipinski definition) is 0. The molecule has 0 N–H and O–H groups in total. The predicted octanol–water partition coefficient (Wildman–Crippen LogP) is 1.18. The average Bonchev–Trinajstić information content (AvgIpc) is 2.94. The van der Waals surface area contributed by atoms with Crippen molar-refractivity contribution >= 4 is 28.9 Å². The van der Waals surface area contributed by atoms with Crippen LogP contribution in [0.25, 0.3) is 0 Å². The van der Waals surface area contributed by atoms with E-state index in [4.69, 9.17) is 11.6 Å². The molecule has 0 atom stereocenters. The number of nitrogens with zero attached hydrogens (tertiary/aromatic N) is 5. The summed E-state index contributed by atoms with van der Waals surface area (Å²) < 4.78 is 5.28. The monoisotopic (exact) mass is 285 g/mol. The van der Waals surface area contributed by atoms with E-state index in [2.05, 4.69) is 14.7 Å². The SMILES string of the molecule is CN(C)CCn1ncc(Cl)c1C(=O)c1csnn1. The third-order valence-corrected chi connectivity index (χ3v) is 3.14. The van der Waals surface area contributed by atoms with E-state index in [1.54, 1.807) is 10.1 Å². The molecule has 2 aromatic heterocycles. The predicted molar refractivity (Wildman–Crippen MR) is 69.1 cm³/mol. The number of ketones is 1. The summed E-state index contributed by atoms with van der Waals surface area (Å²) in [5.74, 6) is -0.245. The Labute approximate surface area is 113 Å². The lowest BCUT2D eigenvalue weighted by atomic mass is 10.2. The van der Waals surface area contributed by atoms with Crippen molar-refractivity contribution in [1.82, 2.24) is 24.3 Å². The molecule has 2 heterocycles. The average molecular weight is 286 g/mol. The van der Waals surface area contributed by atoms with Crippen molar-refractivity contribution in [2.75, 3.05) is 20.6 Å². The third-order valence-electron chi connectivity index (χ3n) is 2.36. The van der Waals surface area contributed by atoms with Crippen molar-refractivity contribution < 1.29 is 4.79 Å². The topological polar surface area (TPSA) is 63.9 Å². The fraction of sp³-hybridized carbons (Fsp3) is 0.400. The molecule has 6 nitrogen and oxygen atoms in total. The van der Waals surface area contributed by atoms with Gasteiger partial charge in [0.05, 0.1) is 17.8 Å². The number of hydrogen-bond acceptors (Lipinski definition) is 6. The number of halogens is 1. The van der Waals surface area contributed by atoms with E-state index in [0.29, 0.717) is 23.0 Å². The van der Waals surface area contributed by atoms with Crippen LogP contribution in [0.3, 0.4) is 0 Å². The molecule has 8 heteroatoms. The second-order valence-electron chi connectivity index (χ2n) is 3.99. The summed E-state index contributed by atoms with van der Waals surface area (Å²) in [5, 5.41) is 9.81. The minimum absolute atomic E-state index is 0.245. The number of likely N-dealkylation sites (N-methyl/N-ethyl adjacent to an activating group) is 1. The molecule has 0 aliphatic rings. The molecule has 2 aromatic rings. The largest absolute Gasteiger partial charge is 0.308 e. The van der Waals surface area contributed by atoms with Crippen molar-refractivity contribution in [2.45, 2.75) is 6.54 Å². The van der Waals surface area contributed by atoms with E-state index in [9.17, 15) is 4.79 Å². The van der Waals surface area contributed by atoms with Gasteiger partial charge >= 0.3 is 0 Å². The van der Waals surface area contributed by atoms with Gasteiger partial charge in [0.25, 0.3) is 0 Å². The highest BCUT2D eigenvalue weighted by Crippen LogP contribution is 2.18. The zero-order valence-electron chi connectivity index (χ0n) is 10.00. The van der Waals surface area contributed by atoms with E-state index < -0.39 is 0 Å². The Morgan fingerprint density at radius 2 is 2.33 bits per heavy atom. The van der Waals surface area contributed by atoms with Crippen LogP contribution in [0, 0.1) is 0 Å². The Hall–Kier alpha value is -1.31. The Balaban J connectivity index is 2.26. The summed E-state index contributed by atoms with van der Waals surface area (Å²) in [6.45, 7) is 1.37. The lowest BCUT2D eigenvalue weighted by Gasteiger charge is -2.11. The zero-order valence-corrected chi connectivity index (χ0v) is 11.6. The van der Waals surface area contributed by atoms with Crippen LogP contribution in [0.1, 0.15) is 16.2 Å². The van der Waals surface area contributed by atoms with Gasteiger partial charge in [0.2, 0.25) is 5.78 Å². The van der Waals surface area contributed by atoms with Crippen LogP contribution in [-0.4, -0.2) is 50.7 Å². The highest BCUT2D eigenvalue weighted by Gasteiger charge is 2.21. The van der Waals surface area contributed by atoms with Gasteiger partial charge in [0.15, 0.2) is 0 Å². The van der Waals surface area contributed by atoms with Crippen LogP contribution in [0.4, 0.5) is 0 Å². The summed E-state index contributed by atoms with van der Waals surface area (Å²) in [4.78, 5) is 14.2. The van der Waals surface area contributed by atoms with E-state index >= 15 is 0 Å². The first-order chi connectivity index (χ1) is 8.59. The normalized spacial score (nSPS) is 11.1. The lowest BCUT2D eigenvalue weighted by molar-refractivity contribution is 0.102. The van der Waals surface area contributed by atoms with Crippen molar-refractivity contribution in [3.05, 3.63) is 28.0 Å². The molecular weight excluding hydrogens is 274 g/mol. The van der Waals surface area contributed by atoms with E-state index in [0.717, 1.165) is 18.1 Å². The Morgan fingerprint density at radius 1 is 1.56 bits per heavy atom. The van der Waals surface area contributed by atoms with Gasteiger partial charge in [-0.05, 0) is 25.6 Å². The molecule has 0 saturated heterocycles. The molecule has 0 aliphatic carbocycles. The summed E-state index contributed by atoms with van der Waals surface area (Å²) in [6, 6.07) is 0. The van der Waals surface area contributed by atoms with Crippen molar-refractivity contribution in [2.24, 2.45) is 0 Å². The summed E-state index contributed by atoms with van der Waals surface area (Å²) in [6.07, 6.45) is 1.48. The first-order valence-corrected chi connectivity index (χ1v) is 6.49. The molecule has 0 amide bonds. The number of rotatable bonds is 5. The highest BCUT2D eigenvalue weighted by molar-refractivity contribution is 7.03. The zero-order chi connectivity index (χ0) is 13.1. The second kappa shape index (κ2) is 5.55. The first kappa shape index (κ1) is 13.1. The summed E-state index contributed by atoms with van der Waals surface area (Å²) in [5.41, 5.74) is 0.666. The van der Waals surface area contributed by atoms with Crippen molar-refractivity contribution in [3.8, 4) is 0 Å². The number of carbonyl (C=O) groups excluding carboxylic acids is 1. The summed E-state index contributed by atoms with van der Waals surface area (Å²) in [7, 11) is 3.91. The number of carbonyl (C=O) groups is 1. The Bertz CT molecular complexity index is 536. The van der Waals surface area contributed by atoms with Crippen LogP contribution in [0.5, 0.6) is 0 Å². The van der Waals surface area contributed by atoms with Crippen LogP contribution in [0.15, 0.2) is 11.6 Å². The quantitative estimate of drug-likeness (QED) is 0.772. The molecule has 2 rings (SSSR count). The van der Waals surface area contributed by atoms with E-state index in [1.807, 2.05) is 19.0 Å². The maximum absolute atomic E-state index is 12.2. The van der Waals surface area contributed by atoms with E-state index in [1.165, 1.54) is 6.20 Å². The number of aromatic nitrogens is 4. The second-order valence-corrected chi connectivity index (χ2v) is 5.00. The minimum Gasteiger partial charge on any atom is -0.308 e. The minimum atomic E-state index is -0.245. The van der Waals surface area contributed by atoms with Gasteiger partial charge in [0, 0.05) is 11.9 Å². The molecule has 0 saturated carbocycles. The molecule has 0 aromatic carbocycles. The maximum atomic E-state index is 12.2. The molecule has 0 spiro atoms. The van der Waals surface area contributed by atoms with Gasteiger partial charge in [0.1, 0.15) is 11.4 Å². The molecular formula is C10H12ClN5OS. The fourth-order valence-electron chi connectivity index (χ4n) is 1.44. The maximum Gasteiger partial charge on any atom is 0.233 e. The molecule has 18 heavy (non-hydrogen) atoms. The Kier molecular flexibility index (Phi) is 4.05. The van der Waals surface area contributed by atoms with Gasteiger partial charge in [-0.1, -0.05) is 16.1 Å². The lowest BCUT2D eigenvalue weighted by Crippen LogP contribution is -2.21. The van der Waals surface area contributed by atoms with Gasteiger partial charge in [-0.15, -0.1) is 5.10 Å². The molecule has 0 bridgehead atoms. The standard InChI is InChI=1S/C10H12ClN5OS/c1-15(2)3-4-16-9(7(11)5-12-16)10(17)8-6-18-14-13-8/h5-6H,3-4H2,1-2H3. The molecule has 0 unspecified atom stereocenters. The van der Waals surface area contributed by atoms with Gasteiger partial charge in [-0.3, -0.25) is 9.48 Å². The fourth-order valence-corrected chi connectivity index (χ4v) is 2.10. The smallest absolute Gasteiger partial charge is 0.233 e. The van der Waals surface area contributed by atoms with Crippen LogP contribution < -0.4 is 0 Å². The molecule has 96 valence electrons. The van der Waals surface area contributed by atoms with Gasteiger partial charge < -0.3 is 4.90 Å². The highest BCUT2D eigenvalue weighted by atomic mass is 35.5. The van der Waals surface area contributed by atoms with Crippen LogP contribution >= 0.6 is 23.1 Å². The van der Waals surface area contributed by atoms with Gasteiger partial charge in [-0.25, -0.2) is 0 Å². The summed E-state index contributed by atoms with van der Waals surface area (Å²) >= 11 is 7.14. The Morgan fingerprint density at radius 3 is 2.94 bits per heavy atom. The van der Waals surface area contributed by atoms with Crippen LogP contribution in [-0.2, 0) is 6.54 Å². The van der Waals surface area contributed by atoms with Crippen LogP contribution in [0.2, 0.25) is 5.02 Å². The third kappa shape index (κ3) is 2.74. The molecule has 0 radical (unpaired) electrons. The van der Waals surface area contributed by atoms with Crippen molar-refractivity contribution in [1.29, 1.82) is 0 Å². The molecule has 0 fully saturated rings.